The molecule has 0 saturated carbocycles. The monoisotopic (exact) mass is 371 g/mol. The molecule has 8 heteroatoms. The number of carbonyl (C=O) groups is 1. The predicted octanol–water partition coefficient (Wildman–Crippen LogP) is 4.65. The molecule has 26 heavy (non-hydrogen) atoms. The molecule has 0 spiro atoms. The summed E-state index contributed by atoms with van der Waals surface area (Å²) < 4.78 is 62.5. The summed E-state index contributed by atoms with van der Waals surface area (Å²) in [4.78, 5) is 12.0. The van der Waals surface area contributed by atoms with Crippen LogP contribution in [0.5, 0.6) is 11.5 Å². The number of alkyl halides is 3. The van der Waals surface area contributed by atoms with Crippen molar-refractivity contribution < 1.29 is 31.8 Å². The van der Waals surface area contributed by atoms with Crippen molar-refractivity contribution in [1.82, 2.24) is 0 Å². The molecule has 0 aliphatic rings. The Labute approximate surface area is 147 Å². The van der Waals surface area contributed by atoms with Crippen molar-refractivity contribution in [1.29, 1.82) is 0 Å². The minimum atomic E-state index is -4.56. The Balaban J connectivity index is 2.12. The second kappa shape index (κ2) is 8.55. The first-order chi connectivity index (χ1) is 12.3. The van der Waals surface area contributed by atoms with Gasteiger partial charge in [0.15, 0.2) is 18.2 Å². The first kappa shape index (κ1) is 19.6. The van der Waals surface area contributed by atoms with E-state index < -0.39 is 30.1 Å². The van der Waals surface area contributed by atoms with Gasteiger partial charge in [-0.25, -0.2) is 4.39 Å². The summed E-state index contributed by atoms with van der Waals surface area (Å²) in [6, 6.07) is 8.29. The van der Waals surface area contributed by atoms with E-state index in [-0.39, 0.29) is 23.8 Å². The number of nitrogens with one attached hydrogen (secondary N) is 1. The van der Waals surface area contributed by atoms with Crippen LogP contribution in [-0.4, -0.2) is 19.1 Å². The van der Waals surface area contributed by atoms with Crippen LogP contribution < -0.4 is 14.8 Å². The van der Waals surface area contributed by atoms with E-state index in [9.17, 15) is 22.4 Å². The number of hydrogen-bond acceptors (Lipinski definition) is 3. The van der Waals surface area contributed by atoms with Gasteiger partial charge in [0.25, 0.3) is 5.91 Å². The van der Waals surface area contributed by atoms with Crippen LogP contribution in [0.15, 0.2) is 42.5 Å². The lowest BCUT2D eigenvalue weighted by Gasteiger charge is -2.15. The molecule has 0 aliphatic carbocycles. The van der Waals surface area contributed by atoms with Crippen molar-refractivity contribution in [2.75, 3.05) is 18.5 Å². The molecule has 1 amide bonds. The third kappa shape index (κ3) is 5.37. The van der Waals surface area contributed by atoms with Crippen LogP contribution in [0.1, 0.15) is 18.9 Å². The van der Waals surface area contributed by atoms with E-state index in [4.69, 9.17) is 9.47 Å². The molecule has 140 valence electrons. The highest BCUT2D eigenvalue weighted by Gasteiger charge is 2.31. The van der Waals surface area contributed by atoms with E-state index in [1.165, 1.54) is 18.2 Å². The highest BCUT2D eigenvalue weighted by atomic mass is 19.4. The molecular formula is C18H17F4NO3. The van der Waals surface area contributed by atoms with Crippen molar-refractivity contribution in [2.24, 2.45) is 0 Å². The van der Waals surface area contributed by atoms with Gasteiger partial charge < -0.3 is 14.8 Å². The van der Waals surface area contributed by atoms with Gasteiger partial charge in [-0.15, -0.1) is 0 Å². The number of para-hydroxylation sites is 1. The third-order valence-corrected chi connectivity index (χ3v) is 3.24. The smallest absolute Gasteiger partial charge is 0.416 e. The Hall–Kier alpha value is -2.77. The van der Waals surface area contributed by atoms with Gasteiger partial charge >= 0.3 is 6.18 Å². The van der Waals surface area contributed by atoms with E-state index in [0.717, 1.165) is 24.3 Å². The molecule has 0 bridgehead atoms. The number of amides is 1. The number of rotatable bonds is 7. The molecule has 0 aliphatic heterocycles. The number of hydrogen-bond donors (Lipinski definition) is 1. The molecule has 4 nitrogen and oxygen atoms in total. The SMILES string of the molecule is CCCOc1ccc(C(F)(F)F)cc1NC(=O)COc1ccccc1F. The predicted molar refractivity (Wildman–Crippen MR) is 87.8 cm³/mol. The fourth-order valence-electron chi connectivity index (χ4n) is 2.03. The summed E-state index contributed by atoms with van der Waals surface area (Å²) in [5.41, 5.74) is -1.05. The van der Waals surface area contributed by atoms with Crippen LogP contribution in [0.4, 0.5) is 23.2 Å². The Morgan fingerprint density at radius 3 is 2.46 bits per heavy atom. The number of ether oxygens (including phenoxy) is 2. The molecular weight excluding hydrogens is 354 g/mol. The molecule has 0 atom stereocenters. The third-order valence-electron chi connectivity index (χ3n) is 3.24. The standard InChI is InChI=1S/C18H17F4NO3/c1-2-9-25-16-8-7-12(18(20,21)22)10-14(16)23-17(24)11-26-15-6-4-3-5-13(15)19/h3-8,10H,2,9,11H2,1H3,(H,23,24). The average Bonchev–Trinajstić information content (AvgIpc) is 2.59. The van der Waals surface area contributed by atoms with Crippen LogP contribution in [-0.2, 0) is 11.0 Å². The van der Waals surface area contributed by atoms with Gasteiger partial charge in [0.2, 0.25) is 0 Å². The second-order valence-corrected chi connectivity index (χ2v) is 5.32. The summed E-state index contributed by atoms with van der Waals surface area (Å²) in [5.74, 6) is -1.41. The molecule has 1 N–H and O–H groups in total. The van der Waals surface area contributed by atoms with Crippen LogP contribution in [0.2, 0.25) is 0 Å². The summed E-state index contributed by atoms with van der Waals surface area (Å²) >= 11 is 0. The van der Waals surface area contributed by atoms with Crippen molar-refractivity contribution >= 4 is 11.6 Å². The Morgan fingerprint density at radius 1 is 1.08 bits per heavy atom. The van der Waals surface area contributed by atoms with E-state index in [1.54, 1.807) is 0 Å². The zero-order chi connectivity index (χ0) is 19.2. The topological polar surface area (TPSA) is 47.6 Å². The summed E-state index contributed by atoms with van der Waals surface area (Å²) in [6.07, 6.45) is -3.92. The van der Waals surface area contributed by atoms with E-state index in [0.29, 0.717) is 6.42 Å². The first-order valence-electron chi connectivity index (χ1n) is 7.82. The fraction of sp³-hybridized carbons (Fsp3) is 0.278. The van der Waals surface area contributed by atoms with Crippen molar-refractivity contribution in [2.45, 2.75) is 19.5 Å². The first-order valence-corrected chi connectivity index (χ1v) is 7.82. The summed E-state index contributed by atoms with van der Waals surface area (Å²) in [6.45, 7) is 1.55. The maximum Gasteiger partial charge on any atom is 0.416 e. The van der Waals surface area contributed by atoms with Crippen LogP contribution in [0, 0.1) is 5.82 Å². The largest absolute Gasteiger partial charge is 0.491 e. The minimum absolute atomic E-state index is 0.110. The number of halogens is 4. The number of carbonyl (C=O) groups excluding carboxylic acids is 1. The molecule has 2 aromatic carbocycles. The lowest BCUT2D eigenvalue weighted by molar-refractivity contribution is -0.137. The van der Waals surface area contributed by atoms with Crippen molar-refractivity contribution in [3.8, 4) is 11.5 Å². The zero-order valence-electron chi connectivity index (χ0n) is 13.9. The van der Waals surface area contributed by atoms with Crippen LogP contribution in [0.25, 0.3) is 0 Å². The van der Waals surface area contributed by atoms with Gasteiger partial charge in [-0.2, -0.15) is 13.2 Å². The molecule has 0 heterocycles. The Morgan fingerprint density at radius 2 is 1.81 bits per heavy atom. The lowest BCUT2D eigenvalue weighted by atomic mass is 10.1. The lowest BCUT2D eigenvalue weighted by Crippen LogP contribution is -2.21. The zero-order valence-corrected chi connectivity index (χ0v) is 13.9. The van der Waals surface area contributed by atoms with Crippen molar-refractivity contribution in [3.05, 3.63) is 53.8 Å². The maximum absolute atomic E-state index is 13.5. The average molecular weight is 371 g/mol. The second-order valence-electron chi connectivity index (χ2n) is 5.32. The van der Waals surface area contributed by atoms with Crippen LogP contribution >= 0.6 is 0 Å². The highest BCUT2D eigenvalue weighted by Crippen LogP contribution is 2.35. The molecule has 0 aromatic heterocycles. The van der Waals surface area contributed by atoms with Crippen molar-refractivity contribution in [3.63, 3.8) is 0 Å². The van der Waals surface area contributed by atoms with Gasteiger partial charge in [0.05, 0.1) is 17.9 Å². The van der Waals surface area contributed by atoms with Gasteiger partial charge in [-0.05, 0) is 36.8 Å². The molecule has 0 radical (unpaired) electrons. The minimum Gasteiger partial charge on any atom is -0.491 e. The maximum atomic E-state index is 13.5. The van der Waals surface area contributed by atoms with Gasteiger partial charge in [-0.1, -0.05) is 19.1 Å². The molecule has 0 fully saturated rings. The fourth-order valence-corrected chi connectivity index (χ4v) is 2.03. The highest BCUT2D eigenvalue weighted by molar-refractivity contribution is 5.93. The summed E-state index contributed by atoms with van der Waals surface area (Å²) in [5, 5.41) is 2.31. The molecule has 2 aromatic rings. The quantitative estimate of drug-likeness (QED) is 0.721. The Bertz CT molecular complexity index is 762. The normalized spacial score (nSPS) is 11.1. The Kier molecular flexibility index (Phi) is 6.43. The number of benzene rings is 2. The van der Waals surface area contributed by atoms with Gasteiger partial charge in [0.1, 0.15) is 5.75 Å². The molecule has 0 unspecified atom stereocenters. The van der Waals surface area contributed by atoms with E-state index in [1.807, 2.05) is 6.92 Å². The van der Waals surface area contributed by atoms with E-state index >= 15 is 0 Å². The van der Waals surface area contributed by atoms with Gasteiger partial charge in [0, 0.05) is 0 Å². The van der Waals surface area contributed by atoms with Gasteiger partial charge in [-0.3, -0.25) is 4.79 Å². The van der Waals surface area contributed by atoms with Crippen LogP contribution in [0.3, 0.4) is 0 Å². The molecule has 2 rings (SSSR count). The molecule has 0 saturated heterocycles. The summed E-state index contributed by atoms with van der Waals surface area (Å²) in [7, 11) is 0. The van der Waals surface area contributed by atoms with E-state index in [2.05, 4.69) is 5.32 Å². The number of anilines is 1.